The molecule has 2 unspecified atom stereocenters. The van der Waals surface area contributed by atoms with Gasteiger partial charge in [0, 0.05) is 24.2 Å². The largest absolute Gasteiger partial charge is 0.462 e. The first-order valence-corrected chi connectivity index (χ1v) is 15.5. The molecule has 0 saturated carbocycles. The Kier molecular flexibility index (Phi) is 8.75. The van der Waals surface area contributed by atoms with Crippen molar-refractivity contribution in [3.05, 3.63) is 71.8 Å². The lowest BCUT2D eigenvalue weighted by molar-refractivity contribution is -0.157. The first-order chi connectivity index (χ1) is 20.0. The summed E-state index contributed by atoms with van der Waals surface area (Å²) in [5.41, 5.74) is 1.74. The van der Waals surface area contributed by atoms with Crippen LogP contribution in [0.2, 0.25) is 0 Å². The van der Waals surface area contributed by atoms with Crippen molar-refractivity contribution < 1.29 is 23.8 Å². The van der Waals surface area contributed by atoms with Gasteiger partial charge in [0.25, 0.3) is 0 Å². The van der Waals surface area contributed by atoms with Crippen LogP contribution < -0.4 is 0 Å². The van der Waals surface area contributed by atoms with Crippen LogP contribution in [-0.2, 0) is 23.8 Å². The van der Waals surface area contributed by atoms with Gasteiger partial charge < -0.3 is 24.0 Å². The fourth-order valence-corrected chi connectivity index (χ4v) is 7.68. The minimum atomic E-state index is -0.551. The van der Waals surface area contributed by atoms with Crippen LogP contribution in [-0.4, -0.2) is 85.4 Å². The molecule has 4 bridgehead atoms. The fraction of sp³-hybridized carbons (Fsp3) is 0.588. The molecule has 0 spiro atoms. The van der Waals surface area contributed by atoms with Crippen LogP contribution in [0.25, 0.3) is 0 Å². The third-order valence-corrected chi connectivity index (χ3v) is 10.2. The average molecular weight is 561 g/mol. The van der Waals surface area contributed by atoms with Crippen LogP contribution in [0.1, 0.15) is 74.3 Å². The molecule has 220 valence electrons. The molecule has 4 fully saturated rings. The third kappa shape index (κ3) is 6.37. The Morgan fingerprint density at radius 3 is 1.32 bits per heavy atom. The van der Waals surface area contributed by atoms with Gasteiger partial charge in [-0.2, -0.15) is 0 Å². The average Bonchev–Trinajstić information content (AvgIpc) is 3.30. The Morgan fingerprint density at radius 1 is 0.634 bits per heavy atom. The van der Waals surface area contributed by atoms with E-state index in [2.05, 4.69) is 23.9 Å². The van der Waals surface area contributed by atoms with E-state index in [9.17, 15) is 9.59 Å². The molecule has 0 N–H and O–H groups in total. The smallest absolute Gasteiger partial charge is 0.316 e. The number of benzene rings is 2. The Morgan fingerprint density at radius 2 is 0.976 bits per heavy atom. The van der Waals surface area contributed by atoms with Crippen molar-refractivity contribution in [3.63, 3.8) is 0 Å². The SMILES string of the molecule is CN1[C@@H]2CC[C@H]1C[C@@H](OC(=O)C(COCC(C(=O)O[C@H]1C[C@H]3CC[C@@H](C1)N3C)c1ccccc1)c1ccccc1)C2. The molecule has 0 amide bonds. The van der Waals surface area contributed by atoms with Crippen molar-refractivity contribution in [2.75, 3.05) is 27.3 Å². The summed E-state index contributed by atoms with van der Waals surface area (Å²) in [5, 5.41) is 0. The Labute approximate surface area is 244 Å². The van der Waals surface area contributed by atoms with Gasteiger partial charge in [0.1, 0.15) is 24.0 Å². The number of ether oxygens (including phenoxy) is 3. The quantitative estimate of drug-likeness (QED) is 0.383. The van der Waals surface area contributed by atoms with E-state index in [1.807, 2.05) is 60.7 Å². The van der Waals surface area contributed by atoms with Gasteiger partial charge in [-0.3, -0.25) is 9.59 Å². The molecule has 4 heterocycles. The maximum absolute atomic E-state index is 13.6. The predicted molar refractivity (Wildman–Crippen MR) is 157 cm³/mol. The summed E-state index contributed by atoms with van der Waals surface area (Å²) in [5.74, 6) is -1.59. The van der Waals surface area contributed by atoms with Crippen LogP contribution >= 0.6 is 0 Å². The van der Waals surface area contributed by atoms with Gasteiger partial charge in [-0.05, 0) is 76.6 Å². The number of hydrogen-bond donors (Lipinski definition) is 0. The molecule has 6 rings (SSSR count). The standard InChI is InChI=1S/C34H44N2O5/c1-35-25-13-14-26(35)18-29(17-25)40-33(37)31(23-9-5-3-6-10-23)21-39-22-32(24-11-7-4-8-12-24)34(38)41-30-19-27-15-16-28(20-30)36(27)2/h3-12,25-32H,13-22H2,1-2H3/t25-,26+,27-,28+,29+,30+,31?,32?. The normalized spacial score (nSPS) is 31.0. The van der Waals surface area contributed by atoms with Crippen molar-refractivity contribution in [1.29, 1.82) is 0 Å². The number of carbonyl (C=O) groups excluding carboxylic acids is 2. The summed E-state index contributed by atoms with van der Waals surface area (Å²) < 4.78 is 18.5. The lowest BCUT2D eigenvalue weighted by Gasteiger charge is -2.36. The van der Waals surface area contributed by atoms with Gasteiger partial charge in [0.05, 0.1) is 13.2 Å². The maximum atomic E-state index is 13.6. The first-order valence-electron chi connectivity index (χ1n) is 15.5. The summed E-state index contributed by atoms with van der Waals surface area (Å²) in [7, 11) is 4.37. The molecule has 41 heavy (non-hydrogen) atoms. The molecule has 7 heteroatoms. The lowest BCUT2D eigenvalue weighted by atomic mass is 9.97. The van der Waals surface area contributed by atoms with E-state index in [1.165, 1.54) is 25.7 Å². The lowest BCUT2D eigenvalue weighted by Crippen LogP contribution is -2.44. The Bertz CT molecular complexity index is 1060. The number of fused-ring (bicyclic) bond motifs is 4. The topological polar surface area (TPSA) is 68.3 Å². The summed E-state index contributed by atoms with van der Waals surface area (Å²) in [4.78, 5) is 32.0. The summed E-state index contributed by atoms with van der Waals surface area (Å²) >= 11 is 0. The van der Waals surface area contributed by atoms with Gasteiger partial charge in [0.2, 0.25) is 0 Å². The van der Waals surface area contributed by atoms with E-state index in [0.717, 1.165) is 36.8 Å². The predicted octanol–water partition coefficient (Wildman–Crippen LogP) is 4.91. The minimum absolute atomic E-state index is 0.0562. The van der Waals surface area contributed by atoms with Crippen LogP contribution in [0.4, 0.5) is 0 Å². The van der Waals surface area contributed by atoms with Crippen molar-refractivity contribution >= 4 is 11.9 Å². The van der Waals surface area contributed by atoms with Gasteiger partial charge >= 0.3 is 11.9 Å². The van der Waals surface area contributed by atoms with Gasteiger partial charge in [-0.1, -0.05) is 60.7 Å². The number of hydrogen-bond acceptors (Lipinski definition) is 7. The van der Waals surface area contributed by atoms with Crippen LogP contribution in [0.5, 0.6) is 0 Å². The van der Waals surface area contributed by atoms with Gasteiger partial charge in [-0.25, -0.2) is 0 Å². The molecule has 8 atom stereocenters. The third-order valence-electron chi connectivity index (χ3n) is 10.2. The molecule has 0 aromatic heterocycles. The van der Waals surface area contributed by atoms with E-state index in [1.54, 1.807) is 0 Å². The van der Waals surface area contributed by atoms with Crippen molar-refractivity contribution in [3.8, 4) is 0 Å². The van der Waals surface area contributed by atoms with Crippen molar-refractivity contribution in [2.24, 2.45) is 0 Å². The Hall–Kier alpha value is -2.74. The van der Waals surface area contributed by atoms with Gasteiger partial charge in [-0.15, -0.1) is 0 Å². The number of piperidine rings is 2. The zero-order valence-corrected chi connectivity index (χ0v) is 24.4. The van der Waals surface area contributed by atoms with Crippen molar-refractivity contribution in [1.82, 2.24) is 9.80 Å². The van der Waals surface area contributed by atoms with Crippen LogP contribution in [0, 0.1) is 0 Å². The highest BCUT2D eigenvalue weighted by Gasteiger charge is 2.42. The molecule has 4 saturated heterocycles. The van der Waals surface area contributed by atoms with E-state index in [-0.39, 0.29) is 37.4 Å². The fourth-order valence-electron chi connectivity index (χ4n) is 7.68. The maximum Gasteiger partial charge on any atom is 0.316 e. The summed E-state index contributed by atoms with van der Waals surface area (Å²) in [6.07, 6.45) is 8.16. The molecule has 2 aromatic rings. The molecular formula is C34H44N2O5. The van der Waals surface area contributed by atoms with E-state index in [0.29, 0.717) is 24.2 Å². The van der Waals surface area contributed by atoms with Gasteiger partial charge in [0.15, 0.2) is 0 Å². The molecule has 7 nitrogen and oxygen atoms in total. The van der Waals surface area contributed by atoms with Crippen molar-refractivity contribution in [2.45, 2.75) is 99.6 Å². The molecule has 2 aromatic carbocycles. The van der Waals surface area contributed by atoms with E-state index in [4.69, 9.17) is 14.2 Å². The summed E-state index contributed by atoms with van der Waals surface area (Å²) in [6.45, 7) is 0.300. The van der Waals surface area contributed by atoms with Crippen LogP contribution in [0.3, 0.4) is 0 Å². The second-order valence-corrected chi connectivity index (χ2v) is 12.6. The highest BCUT2D eigenvalue weighted by molar-refractivity contribution is 5.79. The zero-order valence-electron chi connectivity index (χ0n) is 24.4. The van der Waals surface area contributed by atoms with E-state index >= 15 is 0 Å². The second-order valence-electron chi connectivity index (χ2n) is 12.6. The zero-order chi connectivity index (χ0) is 28.3. The minimum Gasteiger partial charge on any atom is -0.462 e. The Balaban J connectivity index is 1.11. The number of nitrogens with zero attached hydrogens (tertiary/aromatic N) is 2. The molecule has 0 radical (unpaired) electrons. The number of esters is 2. The highest BCUT2D eigenvalue weighted by atomic mass is 16.6. The highest BCUT2D eigenvalue weighted by Crippen LogP contribution is 2.37. The summed E-state index contributed by atoms with van der Waals surface area (Å²) in [6, 6.07) is 21.4. The molecule has 4 aliphatic rings. The first kappa shape index (κ1) is 28.4. The van der Waals surface area contributed by atoms with Crippen LogP contribution in [0.15, 0.2) is 60.7 Å². The molecular weight excluding hydrogens is 516 g/mol. The number of carbonyl (C=O) groups is 2. The number of rotatable bonds is 10. The molecule has 0 aliphatic carbocycles. The second kappa shape index (κ2) is 12.6. The molecule has 4 aliphatic heterocycles. The monoisotopic (exact) mass is 560 g/mol. The van der Waals surface area contributed by atoms with E-state index < -0.39 is 11.8 Å².